The standard InChI is InChI=1S/C15H20FN3/c1-4-8-19-9-7-18-15(19)14(17-3)13-6-5-12(16)10-11(13)2/h5-7,9-10,14,17H,4,8H2,1-3H3. The fourth-order valence-electron chi connectivity index (χ4n) is 2.40. The van der Waals surface area contributed by atoms with Gasteiger partial charge >= 0.3 is 0 Å². The van der Waals surface area contributed by atoms with Crippen LogP contribution in [0.25, 0.3) is 0 Å². The van der Waals surface area contributed by atoms with E-state index in [2.05, 4.69) is 21.8 Å². The predicted molar refractivity (Wildman–Crippen MR) is 74.6 cm³/mol. The van der Waals surface area contributed by atoms with Gasteiger partial charge in [0.25, 0.3) is 0 Å². The maximum atomic E-state index is 13.2. The fraction of sp³-hybridized carbons (Fsp3) is 0.400. The molecule has 1 atom stereocenters. The van der Waals surface area contributed by atoms with Crippen molar-refractivity contribution in [2.75, 3.05) is 7.05 Å². The van der Waals surface area contributed by atoms with E-state index in [0.29, 0.717) is 0 Å². The van der Waals surface area contributed by atoms with Crippen LogP contribution in [0.3, 0.4) is 0 Å². The van der Waals surface area contributed by atoms with Crippen molar-refractivity contribution in [3.8, 4) is 0 Å². The normalized spacial score (nSPS) is 12.6. The summed E-state index contributed by atoms with van der Waals surface area (Å²) in [6.45, 7) is 5.00. The summed E-state index contributed by atoms with van der Waals surface area (Å²) >= 11 is 0. The van der Waals surface area contributed by atoms with Gasteiger partial charge < -0.3 is 9.88 Å². The van der Waals surface area contributed by atoms with Crippen molar-refractivity contribution < 1.29 is 4.39 Å². The summed E-state index contributed by atoms with van der Waals surface area (Å²) in [5.74, 6) is 0.770. The van der Waals surface area contributed by atoms with Gasteiger partial charge in [0.2, 0.25) is 0 Å². The minimum atomic E-state index is -0.201. The minimum Gasteiger partial charge on any atom is -0.333 e. The Morgan fingerprint density at radius 1 is 1.42 bits per heavy atom. The average Bonchev–Trinajstić information content (AvgIpc) is 2.82. The summed E-state index contributed by atoms with van der Waals surface area (Å²) in [5.41, 5.74) is 2.00. The molecule has 1 unspecified atom stereocenters. The molecule has 1 N–H and O–H groups in total. The van der Waals surface area contributed by atoms with Gasteiger partial charge in [-0.15, -0.1) is 0 Å². The Hall–Kier alpha value is -1.68. The number of nitrogens with one attached hydrogen (secondary N) is 1. The first-order valence-electron chi connectivity index (χ1n) is 6.61. The molecule has 0 amide bonds. The summed E-state index contributed by atoms with van der Waals surface area (Å²) in [5, 5.41) is 3.27. The molecule has 2 aromatic rings. The molecule has 0 bridgehead atoms. The zero-order chi connectivity index (χ0) is 13.8. The highest BCUT2D eigenvalue weighted by molar-refractivity contribution is 5.33. The van der Waals surface area contributed by atoms with Crippen LogP contribution < -0.4 is 5.32 Å². The molecule has 0 aliphatic heterocycles. The Balaban J connectivity index is 2.41. The van der Waals surface area contributed by atoms with Crippen molar-refractivity contribution in [1.82, 2.24) is 14.9 Å². The maximum Gasteiger partial charge on any atom is 0.130 e. The summed E-state index contributed by atoms with van der Waals surface area (Å²) in [6, 6.07) is 4.88. The third kappa shape index (κ3) is 2.84. The van der Waals surface area contributed by atoms with Crippen LogP contribution in [0.4, 0.5) is 4.39 Å². The second kappa shape index (κ2) is 5.97. The highest BCUT2D eigenvalue weighted by Crippen LogP contribution is 2.24. The van der Waals surface area contributed by atoms with Crippen molar-refractivity contribution in [3.63, 3.8) is 0 Å². The van der Waals surface area contributed by atoms with Gasteiger partial charge in [0.05, 0.1) is 6.04 Å². The van der Waals surface area contributed by atoms with Gasteiger partial charge in [-0.25, -0.2) is 9.37 Å². The average molecular weight is 261 g/mol. The van der Waals surface area contributed by atoms with E-state index >= 15 is 0 Å². The molecule has 0 saturated carbocycles. The quantitative estimate of drug-likeness (QED) is 0.896. The molecule has 1 aromatic carbocycles. The Labute approximate surface area is 113 Å². The zero-order valence-electron chi connectivity index (χ0n) is 11.7. The molecule has 0 fully saturated rings. The van der Waals surface area contributed by atoms with E-state index in [1.165, 1.54) is 6.07 Å². The number of aromatic nitrogens is 2. The first-order chi connectivity index (χ1) is 9.17. The predicted octanol–water partition coefficient (Wildman–Crippen LogP) is 3.05. The number of hydrogen-bond donors (Lipinski definition) is 1. The Bertz CT molecular complexity index is 548. The van der Waals surface area contributed by atoms with Crippen LogP contribution in [0.15, 0.2) is 30.6 Å². The molecule has 3 nitrogen and oxygen atoms in total. The van der Waals surface area contributed by atoms with Crippen molar-refractivity contribution in [3.05, 3.63) is 53.4 Å². The number of halogens is 1. The second-order valence-electron chi connectivity index (χ2n) is 4.70. The molecule has 0 spiro atoms. The monoisotopic (exact) mass is 261 g/mol. The summed E-state index contributed by atoms with van der Waals surface area (Å²) in [4.78, 5) is 4.45. The summed E-state index contributed by atoms with van der Waals surface area (Å²) in [7, 11) is 1.90. The minimum absolute atomic E-state index is 0.0119. The molecule has 19 heavy (non-hydrogen) atoms. The van der Waals surface area contributed by atoms with Crippen LogP contribution in [0.1, 0.15) is 36.3 Å². The highest BCUT2D eigenvalue weighted by atomic mass is 19.1. The number of nitrogens with zero attached hydrogens (tertiary/aromatic N) is 2. The Morgan fingerprint density at radius 2 is 2.21 bits per heavy atom. The highest BCUT2D eigenvalue weighted by Gasteiger charge is 2.19. The van der Waals surface area contributed by atoms with Gasteiger partial charge in [0.15, 0.2) is 0 Å². The molecule has 0 aliphatic rings. The third-order valence-electron chi connectivity index (χ3n) is 3.30. The van der Waals surface area contributed by atoms with Gasteiger partial charge in [-0.3, -0.25) is 0 Å². The first kappa shape index (κ1) is 13.7. The van der Waals surface area contributed by atoms with Crippen molar-refractivity contribution in [2.24, 2.45) is 0 Å². The van der Waals surface area contributed by atoms with Crippen LogP contribution in [-0.4, -0.2) is 16.6 Å². The summed E-state index contributed by atoms with van der Waals surface area (Å²) < 4.78 is 15.4. The number of rotatable bonds is 5. The van der Waals surface area contributed by atoms with Crippen LogP contribution in [0.5, 0.6) is 0 Å². The molecular formula is C15H20FN3. The lowest BCUT2D eigenvalue weighted by Gasteiger charge is -2.20. The molecule has 4 heteroatoms. The first-order valence-corrected chi connectivity index (χ1v) is 6.61. The number of imidazole rings is 1. The van der Waals surface area contributed by atoms with Gasteiger partial charge in [0, 0.05) is 18.9 Å². The van der Waals surface area contributed by atoms with Crippen LogP contribution in [0.2, 0.25) is 0 Å². The van der Waals surface area contributed by atoms with E-state index in [1.54, 1.807) is 6.07 Å². The Kier molecular flexibility index (Phi) is 4.32. The van der Waals surface area contributed by atoms with E-state index in [9.17, 15) is 4.39 Å². The fourth-order valence-corrected chi connectivity index (χ4v) is 2.40. The van der Waals surface area contributed by atoms with Crippen molar-refractivity contribution in [2.45, 2.75) is 32.9 Å². The molecule has 0 aliphatic carbocycles. The maximum absolute atomic E-state index is 13.2. The largest absolute Gasteiger partial charge is 0.333 e. The van der Waals surface area contributed by atoms with Crippen molar-refractivity contribution >= 4 is 0 Å². The number of aryl methyl sites for hydroxylation is 2. The lowest BCUT2D eigenvalue weighted by atomic mass is 10.0. The Morgan fingerprint density at radius 3 is 2.84 bits per heavy atom. The molecule has 0 saturated heterocycles. The molecular weight excluding hydrogens is 241 g/mol. The molecule has 0 radical (unpaired) electrons. The molecule has 1 aromatic heterocycles. The van der Waals surface area contributed by atoms with Crippen LogP contribution in [0, 0.1) is 12.7 Å². The van der Waals surface area contributed by atoms with E-state index in [4.69, 9.17) is 0 Å². The van der Waals surface area contributed by atoms with E-state index < -0.39 is 0 Å². The lowest BCUT2D eigenvalue weighted by molar-refractivity contribution is 0.564. The molecule has 102 valence electrons. The zero-order valence-corrected chi connectivity index (χ0v) is 11.7. The third-order valence-corrected chi connectivity index (χ3v) is 3.30. The SMILES string of the molecule is CCCn1ccnc1C(NC)c1ccc(F)cc1C. The molecule has 2 rings (SSSR count). The van der Waals surface area contributed by atoms with Gasteiger partial charge in [-0.2, -0.15) is 0 Å². The van der Waals surface area contributed by atoms with Gasteiger partial charge in [-0.1, -0.05) is 13.0 Å². The number of hydrogen-bond acceptors (Lipinski definition) is 2. The van der Waals surface area contributed by atoms with Gasteiger partial charge in [-0.05, 0) is 43.7 Å². The van der Waals surface area contributed by atoms with Gasteiger partial charge in [0.1, 0.15) is 11.6 Å². The van der Waals surface area contributed by atoms with E-state index in [1.807, 2.05) is 32.4 Å². The topological polar surface area (TPSA) is 29.9 Å². The lowest BCUT2D eigenvalue weighted by Crippen LogP contribution is -2.23. The summed E-state index contributed by atoms with van der Waals surface area (Å²) in [6.07, 6.45) is 4.86. The molecule has 1 heterocycles. The second-order valence-corrected chi connectivity index (χ2v) is 4.70. The van der Waals surface area contributed by atoms with Crippen molar-refractivity contribution in [1.29, 1.82) is 0 Å². The van der Waals surface area contributed by atoms with E-state index in [0.717, 1.165) is 29.9 Å². The van der Waals surface area contributed by atoms with E-state index in [-0.39, 0.29) is 11.9 Å². The smallest absolute Gasteiger partial charge is 0.130 e. The number of benzene rings is 1. The van der Waals surface area contributed by atoms with Crippen LogP contribution in [-0.2, 0) is 6.54 Å². The van der Waals surface area contributed by atoms with Crippen LogP contribution >= 0.6 is 0 Å².